The van der Waals surface area contributed by atoms with E-state index in [1.807, 2.05) is 12.1 Å². The van der Waals surface area contributed by atoms with Crippen molar-refractivity contribution in [3.63, 3.8) is 0 Å². The fraction of sp³-hybridized carbons (Fsp3) is 0.500. The van der Waals surface area contributed by atoms with Crippen LogP contribution in [0.15, 0.2) is 41.7 Å². The summed E-state index contributed by atoms with van der Waals surface area (Å²) in [6, 6.07) is 5.34. The molecule has 1 unspecified atom stereocenters. The lowest BCUT2D eigenvalue weighted by Crippen LogP contribution is -2.39. The van der Waals surface area contributed by atoms with Crippen LogP contribution >= 0.6 is 0 Å². The van der Waals surface area contributed by atoms with Gasteiger partial charge in [0.25, 0.3) is 5.56 Å². The third-order valence-corrected chi connectivity index (χ3v) is 5.58. The minimum Gasteiger partial charge on any atom is -0.356 e. The highest BCUT2D eigenvalue weighted by Crippen LogP contribution is 2.21. The molecule has 0 spiro atoms. The number of amides is 1. The predicted molar refractivity (Wildman–Crippen MR) is 102 cm³/mol. The van der Waals surface area contributed by atoms with Gasteiger partial charge in [-0.3, -0.25) is 19.1 Å². The van der Waals surface area contributed by atoms with Crippen LogP contribution in [-0.2, 0) is 11.3 Å². The number of aromatic nitrogens is 3. The van der Waals surface area contributed by atoms with Crippen molar-refractivity contribution in [3.05, 3.63) is 47.3 Å². The Hall–Kier alpha value is -2.54. The highest BCUT2D eigenvalue weighted by molar-refractivity contribution is 5.78. The lowest BCUT2D eigenvalue weighted by atomic mass is 9.95. The lowest BCUT2D eigenvalue weighted by molar-refractivity contribution is -0.119. The van der Waals surface area contributed by atoms with Crippen molar-refractivity contribution in [2.24, 2.45) is 11.8 Å². The van der Waals surface area contributed by atoms with E-state index in [1.165, 1.54) is 0 Å². The summed E-state index contributed by atoms with van der Waals surface area (Å²) in [6.07, 6.45) is 7.89. The topological polar surface area (TPSA) is 80.1 Å². The molecule has 0 aromatic carbocycles. The molecule has 0 bridgehead atoms. The maximum atomic E-state index is 12.5. The number of hydrogen-bond donors (Lipinski definition) is 1. The lowest BCUT2D eigenvalue weighted by Gasteiger charge is -2.33. The number of carbonyl (C=O) groups is 1. The molecule has 27 heavy (non-hydrogen) atoms. The average Bonchev–Trinajstić information content (AvgIpc) is 3.10. The Bertz CT molecular complexity index is 843. The first-order valence-corrected chi connectivity index (χ1v) is 9.63. The van der Waals surface area contributed by atoms with Gasteiger partial charge in [0.2, 0.25) is 5.91 Å². The third-order valence-electron chi connectivity index (χ3n) is 5.58. The normalized spacial score (nSPS) is 21.3. The van der Waals surface area contributed by atoms with Gasteiger partial charge in [-0.2, -0.15) is 0 Å². The molecule has 0 saturated carbocycles. The summed E-state index contributed by atoms with van der Waals surface area (Å²) in [7, 11) is 0. The Labute approximate surface area is 158 Å². The molecule has 4 heterocycles. The predicted octanol–water partition coefficient (Wildman–Crippen LogP) is 1.15. The zero-order valence-electron chi connectivity index (χ0n) is 15.4. The second-order valence-electron chi connectivity index (χ2n) is 7.62. The molecular weight excluding hydrogens is 342 g/mol. The van der Waals surface area contributed by atoms with Crippen LogP contribution in [0.25, 0.3) is 11.3 Å². The smallest absolute Gasteiger partial charge is 0.253 e. The second kappa shape index (κ2) is 8.00. The van der Waals surface area contributed by atoms with E-state index in [1.54, 1.807) is 29.4 Å². The van der Waals surface area contributed by atoms with Gasteiger partial charge in [0.15, 0.2) is 0 Å². The molecule has 7 heteroatoms. The van der Waals surface area contributed by atoms with Gasteiger partial charge in [0.05, 0.1) is 12.0 Å². The largest absolute Gasteiger partial charge is 0.356 e. The molecule has 2 aliphatic rings. The standard InChI is InChI=1S/C20H25N5O2/c26-19-8-16(10-22-19)12-24-6-3-15(4-7-24)13-25-14-23-18(9-20(25)27)17-2-1-5-21-11-17/h1-2,5,9,11,14-16H,3-4,6-8,10,12-13H2,(H,22,26). The molecule has 2 aliphatic heterocycles. The fourth-order valence-corrected chi connectivity index (χ4v) is 4.02. The van der Waals surface area contributed by atoms with Crippen LogP contribution in [0, 0.1) is 11.8 Å². The molecule has 1 atom stereocenters. The van der Waals surface area contributed by atoms with Crippen molar-refractivity contribution in [2.45, 2.75) is 25.8 Å². The average molecular weight is 367 g/mol. The van der Waals surface area contributed by atoms with Crippen LogP contribution in [-0.4, -0.2) is 51.5 Å². The fourth-order valence-electron chi connectivity index (χ4n) is 4.02. The van der Waals surface area contributed by atoms with Gasteiger partial charge in [-0.15, -0.1) is 0 Å². The number of pyridine rings is 1. The zero-order chi connectivity index (χ0) is 18.6. The van der Waals surface area contributed by atoms with Gasteiger partial charge in [-0.25, -0.2) is 4.98 Å². The molecule has 1 N–H and O–H groups in total. The number of piperidine rings is 1. The van der Waals surface area contributed by atoms with E-state index in [9.17, 15) is 9.59 Å². The monoisotopic (exact) mass is 367 g/mol. The van der Waals surface area contributed by atoms with Crippen molar-refractivity contribution < 1.29 is 4.79 Å². The van der Waals surface area contributed by atoms with Crippen LogP contribution in [0.4, 0.5) is 0 Å². The van der Waals surface area contributed by atoms with E-state index in [4.69, 9.17) is 0 Å². The van der Waals surface area contributed by atoms with Crippen LogP contribution in [0.2, 0.25) is 0 Å². The van der Waals surface area contributed by atoms with E-state index in [-0.39, 0.29) is 11.5 Å². The summed E-state index contributed by atoms with van der Waals surface area (Å²) >= 11 is 0. The first-order chi connectivity index (χ1) is 13.2. The van der Waals surface area contributed by atoms with Crippen LogP contribution in [0.1, 0.15) is 19.3 Å². The van der Waals surface area contributed by atoms with Gasteiger partial charge < -0.3 is 10.2 Å². The summed E-state index contributed by atoms with van der Waals surface area (Å²) in [6.45, 7) is 4.59. The molecule has 2 fully saturated rings. The summed E-state index contributed by atoms with van der Waals surface area (Å²) < 4.78 is 1.72. The number of hydrogen-bond acceptors (Lipinski definition) is 5. The number of carbonyl (C=O) groups excluding carboxylic acids is 1. The van der Waals surface area contributed by atoms with Crippen LogP contribution in [0.5, 0.6) is 0 Å². The first-order valence-electron chi connectivity index (χ1n) is 9.63. The number of likely N-dealkylation sites (tertiary alicyclic amines) is 1. The molecule has 7 nitrogen and oxygen atoms in total. The van der Waals surface area contributed by atoms with Crippen molar-refractivity contribution in [3.8, 4) is 11.3 Å². The number of rotatable bonds is 5. The van der Waals surface area contributed by atoms with Gasteiger partial charge in [0.1, 0.15) is 0 Å². The Morgan fingerprint density at radius 3 is 2.67 bits per heavy atom. The molecule has 4 rings (SSSR count). The van der Waals surface area contributed by atoms with E-state index in [0.29, 0.717) is 24.0 Å². The highest BCUT2D eigenvalue weighted by Gasteiger charge is 2.26. The third kappa shape index (κ3) is 4.42. The summed E-state index contributed by atoms with van der Waals surface area (Å²) in [5.74, 6) is 1.12. The maximum absolute atomic E-state index is 12.5. The van der Waals surface area contributed by atoms with E-state index >= 15 is 0 Å². The van der Waals surface area contributed by atoms with E-state index < -0.39 is 0 Å². The number of nitrogens with one attached hydrogen (secondary N) is 1. The Morgan fingerprint density at radius 2 is 2.00 bits per heavy atom. The maximum Gasteiger partial charge on any atom is 0.253 e. The number of nitrogens with zero attached hydrogens (tertiary/aromatic N) is 4. The van der Waals surface area contributed by atoms with Gasteiger partial charge in [0, 0.05) is 50.1 Å². The molecule has 0 radical (unpaired) electrons. The molecule has 142 valence electrons. The minimum absolute atomic E-state index is 0.0122. The van der Waals surface area contributed by atoms with Crippen LogP contribution < -0.4 is 10.9 Å². The van der Waals surface area contributed by atoms with Crippen molar-refractivity contribution in [1.82, 2.24) is 24.8 Å². The summed E-state index contributed by atoms with van der Waals surface area (Å²) in [4.78, 5) is 34.8. The van der Waals surface area contributed by atoms with E-state index in [0.717, 1.165) is 51.1 Å². The minimum atomic E-state index is -0.0122. The van der Waals surface area contributed by atoms with Crippen LogP contribution in [0.3, 0.4) is 0 Å². The molecule has 1 amide bonds. The summed E-state index contributed by atoms with van der Waals surface area (Å²) in [5.41, 5.74) is 1.51. The molecule has 0 aliphatic carbocycles. The zero-order valence-corrected chi connectivity index (χ0v) is 15.4. The van der Waals surface area contributed by atoms with Crippen molar-refractivity contribution in [2.75, 3.05) is 26.2 Å². The Kier molecular flexibility index (Phi) is 5.29. The quantitative estimate of drug-likeness (QED) is 0.858. The second-order valence-corrected chi connectivity index (χ2v) is 7.62. The molecule has 2 aromatic heterocycles. The van der Waals surface area contributed by atoms with Gasteiger partial charge >= 0.3 is 0 Å². The summed E-state index contributed by atoms with van der Waals surface area (Å²) in [5, 5.41) is 2.91. The Balaban J connectivity index is 1.31. The SMILES string of the molecule is O=C1CC(CN2CCC(Cn3cnc(-c4cccnc4)cc3=O)CC2)CN1. The Morgan fingerprint density at radius 1 is 1.15 bits per heavy atom. The van der Waals surface area contributed by atoms with Gasteiger partial charge in [-0.1, -0.05) is 0 Å². The van der Waals surface area contributed by atoms with Gasteiger partial charge in [-0.05, 0) is 49.9 Å². The molecule has 2 saturated heterocycles. The molecular formula is C20H25N5O2. The first kappa shape index (κ1) is 17.9. The molecule has 2 aromatic rings. The highest BCUT2D eigenvalue weighted by atomic mass is 16.2. The van der Waals surface area contributed by atoms with Crippen molar-refractivity contribution >= 4 is 5.91 Å². The van der Waals surface area contributed by atoms with E-state index in [2.05, 4.69) is 20.2 Å². The van der Waals surface area contributed by atoms with Crippen molar-refractivity contribution in [1.29, 1.82) is 0 Å².